The Balaban J connectivity index is 1.53. The molecule has 134 valence electrons. The van der Waals surface area contributed by atoms with E-state index in [0.717, 1.165) is 42.2 Å². The molecule has 1 fully saturated rings. The lowest BCUT2D eigenvalue weighted by Gasteiger charge is -2.36. The zero-order valence-electron chi connectivity index (χ0n) is 14.0. The summed E-state index contributed by atoms with van der Waals surface area (Å²) in [5.41, 5.74) is 1.79. The molecule has 26 heavy (non-hydrogen) atoms. The van der Waals surface area contributed by atoms with Gasteiger partial charge in [0.1, 0.15) is 5.52 Å². The number of non-ortho nitro benzene ring substituents is 1. The molecule has 0 bridgehead atoms. The van der Waals surface area contributed by atoms with Crippen molar-refractivity contribution in [2.45, 2.75) is 6.54 Å². The Kier molecular flexibility index (Phi) is 4.88. The largest absolute Gasteiger partial charge is 0.367 e. The van der Waals surface area contributed by atoms with E-state index in [1.54, 1.807) is 35.7 Å². The number of anilines is 1. The molecule has 0 amide bonds. The van der Waals surface area contributed by atoms with Gasteiger partial charge in [-0.05, 0) is 46.3 Å². The third-order valence-corrected chi connectivity index (χ3v) is 6.25. The minimum absolute atomic E-state index is 0.110. The highest BCUT2D eigenvalue weighted by Gasteiger charge is 2.22. The van der Waals surface area contributed by atoms with Crippen molar-refractivity contribution in [3.8, 4) is 0 Å². The van der Waals surface area contributed by atoms with Crippen molar-refractivity contribution in [3.05, 3.63) is 61.4 Å². The van der Waals surface area contributed by atoms with Gasteiger partial charge in [-0.25, -0.2) is 0 Å². The molecule has 1 aromatic carbocycles. The van der Waals surface area contributed by atoms with Crippen LogP contribution in [0.3, 0.4) is 0 Å². The number of fused-ring (bicyclic) bond motifs is 1. The van der Waals surface area contributed by atoms with Crippen molar-refractivity contribution in [2.75, 3.05) is 31.1 Å². The molecular formula is C18H17BrN4O2S. The first kappa shape index (κ1) is 17.4. The summed E-state index contributed by atoms with van der Waals surface area (Å²) in [4.78, 5) is 21.4. The van der Waals surface area contributed by atoms with Gasteiger partial charge < -0.3 is 4.90 Å². The minimum Gasteiger partial charge on any atom is -0.367 e. The van der Waals surface area contributed by atoms with Crippen LogP contribution in [-0.4, -0.2) is 41.0 Å². The van der Waals surface area contributed by atoms with Gasteiger partial charge in [0, 0.05) is 49.9 Å². The van der Waals surface area contributed by atoms with Gasteiger partial charge in [-0.3, -0.25) is 20.0 Å². The van der Waals surface area contributed by atoms with Gasteiger partial charge >= 0.3 is 0 Å². The van der Waals surface area contributed by atoms with E-state index < -0.39 is 0 Å². The molecule has 0 atom stereocenters. The maximum absolute atomic E-state index is 11.3. The molecule has 3 aromatic rings. The summed E-state index contributed by atoms with van der Waals surface area (Å²) in [7, 11) is 0. The fraction of sp³-hybridized carbons (Fsp3) is 0.278. The number of hydrogen-bond donors (Lipinski definition) is 0. The normalized spacial score (nSPS) is 15.5. The summed E-state index contributed by atoms with van der Waals surface area (Å²) in [5.74, 6) is 0. The molecule has 3 heterocycles. The summed E-state index contributed by atoms with van der Waals surface area (Å²) in [6, 6.07) is 11.2. The second-order valence-corrected chi connectivity index (χ2v) is 8.78. The van der Waals surface area contributed by atoms with Gasteiger partial charge in [-0.15, -0.1) is 11.3 Å². The summed E-state index contributed by atoms with van der Waals surface area (Å²) < 4.78 is 1.16. The monoisotopic (exact) mass is 432 g/mol. The van der Waals surface area contributed by atoms with Crippen LogP contribution in [0.15, 0.2) is 46.4 Å². The van der Waals surface area contributed by atoms with Crippen molar-refractivity contribution in [3.63, 3.8) is 0 Å². The smallest absolute Gasteiger partial charge is 0.278 e. The standard InChI is InChI=1S/C18H17BrN4O2S/c19-17-6-3-13(26-17)12-21-8-10-22(11-9-21)16-5-4-15(23(24)25)14-2-1-7-20-18(14)16/h1-7H,8-12H2. The number of piperazine rings is 1. The average Bonchev–Trinajstić information content (AvgIpc) is 3.06. The second kappa shape index (κ2) is 7.30. The average molecular weight is 433 g/mol. The zero-order chi connectivity index (χ0) is 18.1. The first-order chi connectivity index (χ1) is 12.6. The van der Waals surface area contributed by atoms with Gasteiger partial charge in [0.15, 0.2) is 0 Å². The van der Waals surface area contributed by atoms with E-state index >= 15 is 0 Å². The number of rotatable bonds is 4. The van der Waals surface area contributed by atoms with Crippen LogP contribution in [0.25, 0.3) is 10.9 Å². The molecule has 0 N–H and O–H groups in total. The lowest BCUT2D eigenvalue weighted by atomic mass is 10.1. The van der Waals surface area contributed by atoms with Gasteiger partial charge in [0.25, 0.3) is 5.69 Å². The molecular weight excluding hydrogens is 416 g/mol. The number of pyridine rings is 1. The van der Waals surface area contributed by atoms with Crippen molar-refractivity contribution in [2.24, 2.45) is 0 Å². The van der Waals surface area contributed by atoms with Crippen LogP contribution in [0, 0.1) is 10.1 Å². The molecule has 8 heteroatoms. The molecule has 6 nitrogen and oxygen atoms in total. The van der Waals surface area contributed by atoms with Crippen molar-refractivity contribution >= 4 is 49.5 Å². The third kappa shape index (κ3) is 3.44. The van der Waals surface area contributed by atoms with E-state index in [-0.39, 0.29) is 10.6 Å². The Hall–Kier alpha value is -2.03. The van der Waals surface area contributed by atoms with E-state index in [2.05, 4.69) is 42.8 Å². The Bertz CT molecular complexity index is 953. The van der Waals surface area contributed by atoms with E-state index in [4.69, 9.17) is 0 Å². The van der Waals surface area contributed by atoms with E-state index in [9.17, 15) is 10.1 Å². The second-order valence-electron chi connectivity index (χ2n) is 6.23. The molecule has 1 aliphatic heterocycles. The SMILES string of the molecule is O=[N+]([O-])c1ccc(N2CCN(Cc3ccc(Br)s3)CC2)c2ncccc12. The summed E-state index contributed by atoms with van der Waals surface area (Å²) in [6.45, 7) is 4.65. The molecule has 4 rings (SSSR count). The molecule has 0 saturated carbocycles. The number of nitrogens with zero attached hydrogens (tertiary/aromatic N) is 4. The molecule has 0 unspecified atom stereocenters. The van der Waals surface area contributed by atoms with Crippen LogP contribution in [0.4, 0.5) is 11.4 Å². The van der Waals surface area contributed by atoms with Crippen molar-refractivity contribution in [1.82, 2.24) is 9.88 Å². The summed E-state index contributed by atoms with van der Waals surface area (Å²) in [6.07, 6.45) is 1.69. The van der Waals surface area contributed by atoms with Crippen LogP contribution in [0.5, 0.6) is 0 Å². The number of aromatic nitrogens is 1. The first-order valence-corrected chi connectivity index (χ1v) is 9.96. The van der Waals surface area contributed by atoms with E-state index in [1.807, 2.05) is 6.07 Å². The van der Waals surface area contributed by atoms with E-state index in [0.29, 0.717) is 10.9 Å². The Morgan fingerprint density at radius 1 is 1.15 bits per heavy atom. The van der Waals surface area contributed by atoms with Crippen LogP contribution in [0.2, 0.25) is 0 Å². The number of hydrogen-bond acceptors (Lipinski definition) is 6. The minimum atomic E-state index is -0.342. The van der Waals surface area contributed by atoms with Gasteiger partial charge in [0.2, 0.25) is 0 Å². The first-order valence-electron chi connectivity index (χ1n) is 8.35. The number of nitro groups is 1. The van der Waals surface area contributed by atoms with Crippen molar-refractivity contribution < 1.29 is 4.92 Å². The van der Waals surface area contributed by atoms with Gasteiger partial charge in [0.05, 0.1) is 19.8 Å². The molecule has 1 saturated heterocycles. The maximum Gasteiger partial charge on any atom is 0.278 e. The number of benzene rings is 1. The predicted octanol–water partition coefficient (Wildman–Crippen LogP) is 4.29. The molecule has 1 aliphatic rings. The highest BCUT2D eigenvalue weighted by Crippen LogP contribution is 2.32. The van der Waals surface area contributed by atoms with Gasteiger partial charge in [-0.1, -0.05) is 0 Å². The predicted molar refractivity (Wildman–Crippen MR) is 108 cm³/mol. The number of thiophene rings is 1. The maximum atomic E-state index is 11.3. The fourth-order valence-electron chi connectivity index (χ4n) is 3.36. The Morgan fingerprint density at radius 3 is 2.65 bits per heavy atom. The highest BCUT2D eigenvalue weighted by molar-refractivity contribution is 9.11. The van der Waals surface area contributed by atoms with Crippen LogP contribution in [0.1, 0.15) is 4.88 Å². The Labute approximate surface area is 163 Å². The quantitative estimate of drug-likeness (QED) is 0.454. The van der Waals surface area contributed by atoms with Crippen LogP contribution >= 0.6 is 27.3 Å². The van der Waals surface area contributed by atoms with Crippen LogP contribution < -0.4 is 4.90 Å². The summed E-state index contributed by atoms with van der Waals surface area (Å²) in [5, 5.41) is 11.9. The Morgan fingerprint density at radius 2 is 1.96 bits per heavy atom. The third-order valence-electron chi connectivity index (χ3n) is 4.64. The molecule has 0 aliphatic carbocycles. The highest BCUT2D eigenvalue weighted by atomic mass is 79.9. The molecule has 0 radical (unpaired) electrons. The van der Waals surface area contributed by atoms with Crippen LogP contribution in [-0.2, 0) is 6.54 Å². The molecule has 2 aromatic heterocycles. The van der Waals surface area contributed by atoms with Gasteiger partial charge in [-0.2, -0.15) is 0 Å². The van der Waals surface area contributed by atoms with Crippen molar-refractivity contribution in [1.29, 1.82) is 0 Å². The zero-order valence-corrected chi connectivity index (χ0v) is 16.4. The lowest BCUT2D eigenvalue weighted by Crippen LogP contribution is -2.46. The molecule has 0 spiro atoms. The number of halogens is 1. The number of nitro benzene ring substituents is 1. The topological polar surface area (TPSA) is 62.5 Å². The van der Waals surface area contributed by atoms with E-state index in [1.165, 1.54) is 4.88 Å². The summed E-state index contributed by atoms with van der Waals surface area (Å²) >= 11 is 5.29. The lowest BCUT2D eigenvalue weighted by molar-refractivity contribution is -0.383. The fourth-order valence-corrected chi connectivity index (χ4v) is 4.89.